The summed E-state index contributed by atoms with van der Waals surface area (Å²) >= 11 is 7.19. The molecule has 0 aliphatic carbocycles. The summed E-state index contributed by atoms with van der Waals surface area (Å²) in [4.78, 5) is 4.68. The largest absolute Gasteiger partial charge is 0.379 e. The first kappa shape index (κ1) is 14.2. The number of nitrogens with zero attached hydrogens (tertiary/aromatic N) is 2. The molecule has 1 heterocycles. The zero-order valence-corrected chi connectivity index (χ0v) is 11.9. The van der Waals surface area contributed by atoms with E-state index in [1.807, 2.05) is 0 Å². The van der Waals surface area contributed by atoms with Gasteiger partial charge in [-0.25, -0.2) is 0 Å². The second-order valence-corrected chi connectivity index (χ2v) is 5.47. The van der Waals surface area contributed by atoms with Crippen LogP contribution >= 0.6 is 24.0 Å². The Kier molecular flexibility index (Phi) is 7.36. The molecule has 16 heavy (non-hydrogen) atoms. The van der Waals surface area contributed by atoms with Gasteiger partial charge in [-0.3, -0.25) is 4.90 Å². The number of rotatable bonds is 5. The van der Waals surface area contributed by atoms with Gasteiger partial charge in [-0.1, -0.05) is 24.0 Å². The van der Waals surface area contributed by atoms with Gasteiger partial charge in [0.05, 0.1) is 13.2 Å². The standard InChI is InChI=1S/C11H22N2OS2/c1-3-13(4-2)11(15)16-10-7-12-5-8-14-9-6-12/h3-10H2,1-2H3. The van der Waals surface area contributed by atoms with Gasteiger partial charge in [0.25, 0.3) is 0 Å². The van der Waals surface area contributed by atoms with Crippen molar-refractivity contribution >= 4 is 28.3 Å². The monoisotopic (exact) mass is 262 g/mol. The van der Waals surface area contributed by atoms with Crippen LogP contribution in [0.1, 0.15) is 13.8 Å². The topological polar surface area (TPSA) is 15.7 Å². The number of hydrogen-bond donors (Lipinski definition) is 0. The normalized spacial score (nSPS) is 17.4. The van der Waals surface area contributed by atoms with Gasteiger partial charge in [0.15, 0.2) is 0 Å². The van der Waals surface area contributed by atoms with Crippen LogP contribution in [-0.2, 0) is 4.74 Å². The van der Waals surface area contributed by atoms with Crippen molar-refractivity contribution in [1.29, 1.82) is 0 Å². The van der Waals surface area contributed by atoms with E-state index in [1.54, 1.807) is 11.8 Å². The third kappa shape index (κ3) is 4.99. The average Bonchev–Trinajstić information content (AvgIpc) is 2.32. The summed E-state index contributed by atoms with van der Waals surface area (Å²) < 4.78 is 6.36. The van der Waals surface area contributed by atoms with Crippen LogP contribution in [-0.4, -0.2) is 65.8 Å². The zero-order chi connectivity index (χ0) is 11.8. The highest BCUT2D eigenvalue weighted by Gasteiger charge is 2.11. The van der Waals surface area contributed by atoms with E-state index < -0.39 is 0 Å². The molecular weight excluding hydrogens is 240 g/mol. The minimum Gasteiger partial charge on any atom is -0.379 e. The second-order valence-electron chi connectivity index (χ2n) is 3.74. The van der Waals surface area contributed by atoms with Crippen molar-refractivity contribution in [2.45, 2.75) is 13.8 Å². The van der Waals surface area contributed by atoms with Crippen LogP contribution in [0.15, 0.2) is 0 Å². The van der Waals surface area contributed by atoms with Crippen molar-refractivity contribution in [2.24, 2.45) is 0 Å². The predicted molar refractivity (Wildman–Crippen MR) is 75.2 cm³/mol. The van der Waals surface area contributed by atoms with Crippen LogP contribution in [0.2, 0.25) is 0 Å². The van der Waals surface area contributed by atoms with E-state index in [4.69, 9.17) is 17.0 Å². The van der Waals surface area contributed by atoms with Crippen LogP contribution in [0.3, 0.4) is 0 Å². The fourth-order valence-electron chi connectivity index (χ4n) is 1.66. The Morgan fingerprint density at radius 3 is 2.50 bits per heavy atom. The highest BCUT2D eigenvalue weighted by atomic mass is 32.2. The third-order valence-corrected chi connectivity index (χ3v) is 4.26. The van der Waals surface area contributed by atoms with Gasteiger partial charge in [0.1, 0.15) is 4.32 Å². The van der Waals surface area contributed by atoms with E-state index in [9.17, 15) is 0 Å². The van der Waals surface area contributed by atoms with E-state index in [-0.39, 0.29) is 0 Å². The minimum absolute atomic E-state index is 0.880. The fraction of sp³-hybridized carbons (Fsp3) is 0.909. The summed E-state index contributed by atoms with van der Waals surface area (Å²) in [5.74, 6) is 1.09. The maximum atomic E-state index is 5.39. The summed E-state index contributed by atoms with van der Waals surface area (Å²) in [6.45, 7) is 11.3. The van der Waals surface area contributed by atoms with Crippen LogP contribution in [0.4, 0.5) is 0 Å². The molecule has 0 aromatic carbocycles. The molecule has 1 rings (SSSR count). The van der Waals surface area contributed by atoms with Gasteiger partial charge in [-0.2, -0.15) is 0 Å². The maximum absolute atomic E-state index is 5.39. The smallest absolute Gasteiger partial charge is 0.136 e. The van der Waals surface area contributed by atoms with Gasteiger partial charge in [0, 0.05) is 38.5 Å². The molecule has 0 aromatic heterocycles. The molecule has 5 heteroatoms. The van der Waals surface area contributed by atoms with Gasteiger partial charge in [-0.15, -0.1) is 0 Å². The molecule has 0 aromatic rings. The van der Waals surface area contributed by atoms with Gasteiger partial charge >= 0.3 is 0 Å². The van der Waals surface area contributed by atoms with E-state index in [0.717, 1.165) is 56.0 Å². The first-order valence-corrected chi connectivity index (χ1v) is 7.39. The molecule has 0 unspecified atom stereocenters. The Morgan fingerprint density at radius 1 is 1.31 bits per heavy atom. The van der Waals surface area contributed by atoms with Gasteiger partial charge < -0.3 is 9.64 Å². The van der Waals surface area contributed by atoms with Gasteiger partial charge in [0.2, 0.25) is 0 Å². The summed E-state index contributed by atoms with van der Waals surface area (Å²) in [7, 11) is 0. The van der Waals surface area contributed by atoms with Crippen molar-refractivity contribution in [1.82, 2.24) is 9.80 Å². The molecule has 0 N–H and O–H groups in total. The average molecular weight is 262 g/mol. The first-order chi connectivity index (χ1) is 7.77. The molecule has 1 aliphatic heterocycles. The summed E-state index contributed by atoms with van der Waals surface area (Å²) in [5.41, 5.74) is 0. The van der Waals surface area contributed by atoms with Crippen LogP contribution in [0.5, 0.6) is 0 Å². The van der Waals surface area contributed by atoms with E-state index in [0.29, 0.717) is 0 Å². The van der Waals surface area contributed by atoms with Crippen molar-refractivity contribution in [3.05, 3.63) is 0 Å². The molecule has 0 amide bonds. The summed E-state index contributed by atoms with van der Waals surface area (Å²) in [5, 5.41) is 0. The maximum Gasteiger partial charge on any atom is 0.136 e. The predicted octanol–water partition coefficient (Wildman–Crippen LogP) is 1.68. The van der Waals surface area contributed by atoms with Crippen LogP contribution < -0.4 is 0 Å². The molecule has 1 saturated heterocycles. The third-order valence-electron chi connectivity index (χ3n) is 2.76. The van der Waals surface area contributed by atoms with E-state index >= 15 is 0 Å². The molecule has 0 bridgehead atoms. The lowest BCUT2D eigenvalue weighted by Crippen LogP contribution is -2.38. The molecule has 0 saturated carbocycles. The lowest BCUT2D eigenvalue weighted by molar-refractivity contribution is 0.0410. The Hall–Kier alpha value is 0.160. The SMILES string of the molecule is CCN(CC)C(=S)SCCN1CCOCC1. The second kappa shape index (κ2) is 8.28. The Balaban J connectivity index is 2.11. The molecule has 1 aliphatic rings. The van der Waals surface area contributed by atoms with E-state index in [1.165, 1.54) is 0 Å². The van der Waals surface area contributed by atoms with Crippen molar-refractivity contribution in [3.8, 4) is 0 Å². The zero-order valence-electron chi connectivity index (χ0n) is 10.3. The Labute approximate surface area is 108 Å². The van der Waals surface area contributed by atoms with Crippen molar-refractivity contribution < 1.29 is 4.74 Å². The van der Waals surface area contributed by atoms with Crippen molar-refractivity contribution in [2.75, 3.05) is 51.7 Å². The van der Waals surface area contributed by atoms with E-state index in [2.05, 4.69) is 23.6 Å². The fourth-order valence-corrected chi connectivity index (χ4v) is 3.13. The molecule has 0 atom stereocenters. The number of morpholine rings is 1. The van der Waals surface area contributed by atoms with Crippen LogP contribution in [0.25, 0.3) is 0 Å². The summed E-state index contributed by atoms with van der Waals surface area (Å²) in [6.07, 6.45) is 0. The summed E-state index contributed by atoms with van der Waals surface area (Å²) in [6, 6.07) is 0. The number of thioether (sulfide) groups is 1. The Morgan fingerprint density at radius 2 is 1.94 bits per heavy atom. The molecule has 94 valence electrons. The number of hydrogen-bond acceptors (Lipinski definition) is 4. The molecule has 0 spiro atoms. The molecule has 0 radical (unpaired) electrons. The number of thiocarbonyl (C=S) groups is 1. The lowest BCUT2D eigenvalue weighted by Gasteiger charge is -2.27. The molecular formula is C11H22N2OS2. The minimum atomic E-state index is 0.880. The highest BCUT2D eigenvalue weighted by Crippen LogP contribution is 2.10. The number of ether oxygens (including phenoxy) is 1. The first-order valence-electron chi connectivity index (χ1n) is 5.99. The quantitative estimate of drug-likeness (QED) is 0.698. The lowest BCUT2D eigenvalue weighted by atomic mass is 10.4. The Bertz CT molecular complexity index is 204. The highest BCUT2D eigenvalue weighted by molar-refractivity contribution is 8.22. The van der Waals surface area contributed by atoms with Crippen molar-refractivity contribution in [3.63, 3.8) is 0 Å². The van der Waals surface area contributed by atoms with Crippen LogP contribution in [0, 0.1) is 0 Å². The van der Waals surface area contributed by atoms with Gasteiger partial charge in [-0.05, 0) is 13.8 Å². The molecule has 3 nitrogen and oxygen atoms in total. The molecule has 1 fully saturated rings.